The summed E-state index contributed by atoms with van der Waals surface area (Å²) in [5.74, 6) is 0. The summed E-state index contributed by atoms with van der Waals surface area (Å²) in [7, 11) is -1.41. The molecule has 0 atom stereocenters. The van der Waals surface area contributed by atoms with Crippen molar-refractivity contribution in [2.75, 3.05) is 0 Å². The molecule has 1 nitrogen and oxygen atoms in total. The molecule has 4 aromatic rings. The summed E-state index contributed by atoms with van der Waals surface area (Å²) >= 11 is 0. The summed E-state index contributed by atoms with van der Waals surface area (Å²) in [5.41, 5.74) is 7.22. The Kier molecular flexibility index (Phi) is 5.15. The molecule has 0 N–H and O–H groups in total. The van der Waals surface area contributed by atoms with Gasteiger partial charge in [0.05, 0.1) is 19.3 Å². The van der Waals surface area contributed by atoms with Gasteiger partial charge in [0.1, 0.15) is 0 Å². The van der Waals surface area contributed by atoms with Gasteiger partial charge in [0.2, 0.25) is 0 Å². The van der Waals surface area contributed by atoms with Gasteiger partial charge in [0.25, 0.3) is 0 Å². The fourth-order valence-corrected chi connectivity index (χ4v) is 5.00. The van der Waals surface area contributed by atoms with E-state index in [1.807, 2.05) is 0 Å². The van der Waals surface area contributed by atoms with Crippen LogP contribution < -0.4 is 5.19 Å². The van der Waals surface area contributed by atoms with Crippen molar-refractivity contribution in [2.24, 2.45) is 0 Å². The standard InChI is InChI=1S/C28H31NSi/c1-28(2,3)22-14-10-13-21(17-22)27-19-24(20-11-8-7-9-12-20)25-18-23(30(4,5)6)15-16-26(25)29-27/h7-19H,1-6H3. The maximum Gasteiger partial charge on any atom is 0.0776 e. The first kappa shape index (κ1) is 20.6. The second kappa shape index (κ2) is 7.52. The van der Waals surface area contributed by atoms with E-state index in [9.17, 15) is 0 Å². The first-order chi connectivity index (χ1) is 14.1. The van der Waals surface area contributed by atoms with Gasteiger partial charge in [0, 0.05) is 10.9 Å². The molecule has 30 heavy (non-hydrogen) atoms. The molecular formula is C28H31NSi. The van der Waals surface area contributed by atoms with Crippen LogP contribution in [0, 0.1) is 0 Å². The molecule has 0 aliphatic rings. The molecule has 0 amide bonds. The zero-order chi connectivity index (χ0) is 21.5. The molecule has 0 spiro atoms. The fourth-order valence-electron chi connectivity index (χ4n) is 3.84. The van der Waals surface area contributed by atoms with Crippen LogP contribution in [0.5, 0.6) is 0 Å². The van der Waals surface area contributed by atoms with E-state index in [-0.39, 0.29) is 5.41 Å². The summed E-state index contributed by atoms with van der Waals surface area (Å²) in [6.07, 6.45) is 0. The lowest BCUT2D eigenvalue weighted by Crippen LogP contribution is -2.37. The molecule has 3 aromatic carbocycles. The summed E-state index contributed by atoms with van der Waals surface area (Å²) in [6.45, 7) is 14.0. The summed E-state index contributed by atoms with van der Waals surface area (Å²) in [6, 6.07) is 28.7. The largest absolute Gasteiger partial charge is 0.248 e. The lowest BCUT2D eigenvalue weighted by Gasteiger charge is -2.20. The number of pyridine rings is 1. The predicted octanol–water partition coefficient (Wildman–Crippen LogP) is 7.41. The molecule has 2 heteroatoms. The van der Waals surface area contributed by atoms with Crippen molar-refractivity contribution in [3.63, 3.8) is 0 Å². The van der Waals surface area contributed by atoms with Crippen molar-refractivity contribution in [3.05, 3.63) is 84.4 Å². The summed E-state index contributed by atoms with van der Waals surface area (Å²) in [4.78, 5) is 5.09. The highest BCUT2D eigenvalue weighted by atomic mass is 28.3. The highest BCUT2D eigenvalue weighted by Gasteiger charge is 2.19. The van der Waals surface area contributed by atoms with Gasteiger partial charge in [-0.05, 0) is 40.3 Å². The Morgan fingerprint density at radius 2 is 1.40 bits per heavy atom. The molecule has 0 fully saturated rings. The molecule has 152 valence electrons. The maximum absolute atomic E-state index is 5.09. The minimum atomic E-state index is -1.41. The molecule has 0 unspecified atom stereocenters. The second-order valence-electron chi connectivity index (χ2n) is 10.2. The Morgan fingerprint density at radius 1 is 0.700 bits per heavy atom. The van der Waals surface area contributed by atoms with E-state index in [0.29, 0.717) is 0 Å². The van der Waals surface area contributed by atoms with Crippen LogP contribution in [-0.2, 0) is 5.41 Å². The molecule has 0 aliphatic carbocycles. The van der Waals surface area contributed by atoms with Crippen LogP contribution in [0.15, 0.2) is 78.9 Å². The zero-order valence-corrected chi connectivity index (χ0v) is 20.0. The van der Waals surface area contributed by atoms with Crippen LogP contribution in [0.3, 0.4) is 0 Å². The topological polar surface area (TPSA) is 12.9 Å². The smallest absolute Gasteiger partial charge is 0.0776 e. The third-order valence-electron chi connectivity index (χ3n) is 5.78. The van der Waals surface area contributed by atoms with Crippen LogP contribution in [-0.4, -0.2) is 13.1 Å². The lowest BCUT2D eigenvalue weighted by molar-refractivity contribution is 0.590. The number of hydrogen-bond donors (Lipinski definition) is 0. The average Bonchev–Trinajstić information content (AvgIpc) is 2.72. The van der Waals surface area contributed by atoms with Gasteiger partial charge in [-0.1, -0.05) is 106 Å². The Bertz CT molecular complexity index is 1190. The highest BCUT2D eigenvalue weighted by molar-refractivity contribution is 6.88. The van der Waals surface area contributed by atoms with Gasteiger partial charge in [-0.25, -0.2) is 4.98 Å². The summed E-state index contributed by atoms with van der Waals surface area (Å²) < 4.78 is 0. The van der Waals surface area contributed by atoms with E-state index >= 15 is 0 Å². The number of fused-ring (bicyclic) bond motifs is 1. The van der Waals surface area contributed by atoms with E-state index in [1.165, 1.54) is 32.8 Å². The first-order valence-corrected chi connectivity index (χ1v) is 14.2. The molecule has 1 heterocycles. The van der Waals surface area contributed by atoms with Gasteiger partial charge in [0.15, 0.2) is 0 Å². The minimum absolute atomic E-state index is 0.112. The SMILES string of the molecule is CC(C)(C)c1cccc(-c2cc(-c3ccccc3)c3cc([Si](C)(C)C)ccc3n2)c1. The van der Waals surface area contributed by atoms with Crippen molar-refractivity contribution in [2.45, 2.75) is 45.8 Å². The molecular weight excluding hydrogens is 378 g/mol. The van der Waals surface area contributed by atoms with Crippen molar-refractivity contribution >= 4 is 24.2 Å². The Morgan fingerprint density at radius 3 is 2.07 bits per heavy atom. The Labute approximate surface area is 181 Å². The third-order valence-corrected chi connectivity index (χ3v) is 7.83. The lowest BCUT2D eigenvalue weighted by atomic mass is 9.85. The van der Waals surface area contributed by atoms with Gasteiger partial charge >= 0.3 is 0 Å². The van der Waals surface area contributed by atoms with E-state index in [2.05, 4.69) is 119 Å². The maximum atomic E-state index is 5.09. The van der Waals surface area contributed by atoms with Crippen molar-refractivity contribution in [1.82, 2.24) is 4.98 Å². The van der Waals surface area contributed by atoms with Gasteiger partial charge < -0.3 is 0 Å². The molecule has 0 radical (unpaired) electrons. The Hall–Kier alpha value is -2.71. The van der Waals surface area contributed by atoms with Gasteiger partial charge in [-0.2, -0.15) is 0 Å². The normalized spacial score (nSPS) is 12.3. The van der Waals surface area contributed by atoms with Gasteiger partial charge in [-0.15, -0.1) is 0 Å². The number of aromatic nitrogens is 1. The van der Waals surface area contributed by atoms with Crippen LogP contribution in [0.2, 0.25) is 19.6 Å². The molecule has 0 bridgehead atoms. The molecule has 1 aromatic heterocycles. The fraction of sp³-hybridized carbons (Fsp3) is 0.250. The van der Waals surface area contributed by atoms with Crippen molar-refractivity contribution in [3.8, 4) is 22.4 Å². The van der Waals surface area contributed by atoms with E-state index in [1.54, 1.807) is 0 Å². The van der Waals surface area contributed by atoms with Crippen LogP contribution in [0.1, 0.15) is 26.3 Å². The van der Waals surface area contributed by atoms with E-state index < -0.39 is 8.07 Å². The predicted molar refractivity (Wildman–Crippen MR) is 134 cm³/mol. The van der Waals surface area contributed by atoms with Crippen LogP contribution in [0.25, 0.3) is 33.3 Å². The average molecular weight is 410 g/mol. The van der Waals surface area contributed by atoms with Crippen LogP contribution in [0.4, 0.5) is 0 Å². The van der Waals surface area contributed by atoms with Crippen LogP contribution >= 0.6 is 0 Å². The first-order valence-electron chi connectivity index (χ1n) is 10.7. The third kappa shape index (κ3) is 4.10. The Balaban J connectivity index is 1.98. The quantitative estimate of drug-likeness (QED) is 0.321. The minimum Gasteiger partial charge on any atom is -0.248 e. The zero-order valence-electron chi connectivity index (χ0n) is 19.0. The number of hydrogen-bond acceptors (Lipinski definition) is 1. The monoisotopic (exact) mass is 409 g/mol. The van der Waals surface area contributed by atoms with E-state index in [4.69, 9.17) is 4.98 Å². The molecule has 0 aliphatic heterocycles. The molecule has 0 saturated heterocycles. The van der Waals surface area contributed by atoms with E-state index in [0.717, 1.165) is 11.2 Å². The number of benzene rings is 3. The number of nitrogens with zero attached hydrogens (tertiary/aromatic N) is 1. The highest BCUT2D eigenvalue weighted by Crippen LogP contribution is 2.33. The van der Waals surface area contributed by atoms with Gasteiger partial charge in [-0.3, -0.25) is 0 Å². The van der Waals surface area contributed by atoms with Crippen molar-refractivity contribution in [1.29, 1.82) is 0 Å². The number of rotatable bonds is 3. The van der Waals surface area contributed by atoms with Crippen molar-refractivity contribution < 1.29 is 0 Å². The molecule has 0 saturated carbocycles. The molecule has 4 rings (SSSR count). The second-order valence-corrected chi connectivity index (χ2v) is 15.3. The summed E-state index contributed by atoms with van der Waals surface area (Å²) in [5, 5.41) is 2.72.